The SMILES string of the molecule is C[C@H]1[C@@H]2CC(=O)C(C)(C)[C@@H]3[C@@H]1C1(C[C@@](C)(SCCS)[C@H]23)SCCS1. The van der Waals surface area contributed by atoms with Crippen molar-refractivity contribution >= 4 is 53.7 Å². The highest BCUT2D eigenvalue weighted by molar-refractivity contribution is 8.21. The fraction of sp³-hybridized carbons (Fsp3) is 0.947. The third-order valence-corrected chi connectivity index (χ3v) is 13.2. The van der Waals surface area contributed by atoms with Crippen molar-refractivity contribution in [3.05, 3.63) is 0 Å². The summed E-state index contributed by atoms with van der Waals surface area (Å²) in [5, 5.41) is 0. The second-order valence-corrected chi connectivity index (χ2v) is 14.2. The first-order valence-electron chi connectivity index (χ1n) is 9.33. The molecule has 5 heteroatoms. The average Bonchev–Trinajstić information content (AvgIpc) is 3.05. The molecular formula is C19H30OS4. The molecule has 0 aromatic heterocycles. The number of Topliss-reactive ketones (excluding diaryl/α,β-unsaturated/α-hetero) is 1. The number of hydrogen-bond acceptors (Lipinski definition) is 5. The van der Waals surface area contributed by atoms with E-state index in [0.29, 0.717) is 38.3 Å². The quantitative estimate of drug-likeness (QED) is 0.661. The van der Waals surface area contributed by atoms with Crippen molar-refractivity contribution < 1.29 is 4.79 Å². The molecule has 0 N–H and O–H groups in total. The second-order valence-electron chi connectivity index (χ2n) is 9.02. The van der Waals surface area contributed by atoms with Gasteiger partial charge in [0.05, 0.1) is 4.08 Å². The number of fused-ring (bicyclic) bond motifs is 1. The van der Waals surface area contributed by atoms with E-state index >= 15 is 0 Å². The van der Waals surface area contributed by atoms with Crippen LogP contribution in [0.3, 0.4) is 0 Å². The number of rotatable bonds is 3. The summed E-state index contributed by atoms with van der Waals surface area (Å²) in [6.45, 7) is 9.54. The van der Waals surface area contributed by atoms with Crippen LogP contribution in [0.4, 0.5) is 0 Å². The molecule has 1 aliphatic heterocycles. The number of ketones is 1. The van der Waals surface area contributed by atoms with Crippen molar-refractivity contribution in [2.45, 2.75) is 49.4 Å². The van der Waals surface area contributed by atoms with Gasteiger partial charge in [-0.3, -0.25) is 4.79 Å². The minimum Gasteiger partial charge on any atom is -0.299 e. The normalized spacial score (nSPS) is 48.2. The standard InChI is InChI=1S/C19H30OS4/c1-11-12-9-13(20)17(2,3)16-14(11)19(23-7-8-24-19)10-18(4,15(12)16)22-6-5-21/h11-12,14-16,21H,5-10H2,1-4H3/t11-,12-,14+,15+,16+,18+/m0/s1. The molecule has 1 nitrogen and oxygen atoms in total. The van der Waals surface area contributed by atoms with Crippen LogP contribution in [0.5, 0.6) is 0 Å². The van der Waals surface area contributed by atoms with E-state index in [0.717, 1.165) is 23.8 Å². The topological polar surface area (TPSA) is 17.1 Å². The zero-order valence-corrected chi connectivity index (χ0v) is 18.6. The van der Waals surface area contributed by atoms with Gasteiger partial charge >= 0.3 is 0 Å². The van der Waals surface area contributed by atoms with Gasteiger partial charge in [0.2, 0.25) is 0 Å². The van der Waals surface area contributed by atoms with Crippen LogP contribution in [-0.4, -0.2) is 37.6 Å². The largest absolute Gasteiger partial charge is 0.299 e. The first-order valence-corrected chi connectivity index (χ1v) is 12.9. The summed E-state index contributed by atoms with van der Waals surface area (Å²) in [6.07, 6.45) is 2.15. The van der Waals surface area contributed by atoms with Gasteiger partial charge in [0.1, 0.15) is 5.78 Å². The molecule has 4 fully saturated rings. The first kappa shape index (κ1) is 18.4. The lowest BCUT2D eigenvalue weighted by atomic mass is 9.55. The molecule has 4 bridgehead atoms. The highest BCUT2D eigenvalue weighted by Gasteiger charge is 2.73. The number of carbonyl (C=O) groups excluding carboxylic acids is 1. The summed E-state index contributed by atoms with van der Waals surface area (Å²) in [5.74, 6) is 8.51. The van der Waals surface area contributed by atoms with Crippen LogP contribution in [0.15, 0.2) is 0 Å². The smallest absolute Gasteiger partial charge is 0.139 e. The lowest BCUT2D eigenvalue weighted by molar-refractivity contribution is -0.138. The molecule has 4 aliphatic rings. The number of hydrogen-bond donors (Lipinski definition) is 1. The maximum atomic E-state index is 12.9. The molecule has 1 saturated heterocycles. The molecule has 136 valence electrons. The van der Waals surface area contributed by atoms with Crippen LogP contribution in [-0.2, 0) is 4.79 Å². The third kappa shape index (κ3) is 2.36. The molecule has 1 spiro atoms. The molecule has 1 heterocycles. The molecule has 24 heavy (non-hydrogen) atoms. The monoisotopic (exact) mass is 402 g/mol. The predicted molar refractivity (Wildman–Crippen MR) is 114 cm³/mol. The summed E-state index contributed by atoms with van der Waals surface area (Å²) >= 11 is 11.1. The van der Waals surface area contributed by atoms with Gasteiger partial charge < -0.3 is 0 Å². The van der Waals surface area contributed by atoms with E-state index in [9.17, 15) is 4.79 Å². The number of thiol groups is 1. The summed E-state index contributed by atoms with van der Waals surface area (Å²) in [4.78, 5) is 12.9. The average molecular weight is 403 g/mol. The van der Waals surface area contributed by atoms with Gasteiger partial charge in [0.25, 0.3) is 0 Å². The Morgan fingerprint density at radius 3 is 2.46 bits per heavy atom. The lowest BCUT2D eigenvalue weighted by Crippen LogP contribution is -2.58. The molecule has 0 unspecified atom stereocenters. The Morgan fingerprint density at radius 1 is 1.17 bits per heavy atom. The Labute approximate surface area is 165 Å². The minimum atomic E-state index is -0.142. The van der Waals surface area contributed by atoms with Crippen LogP contribution in [0.25, 0.3) is 0 Å². The highest BCUT2D eigenvalue weighted by atomic mass is 32.2. The van der Waals surface area contributed by atoms with E-state index in [-0.39, 0.29) is 5.41 Å². The van der Waals surface area contributed by atoms with Crippen LogP contribution >= 0.6 is 47.9 Å². The fourth-order valence-electron chi connectivity index (χ4n) is 6.71. The minimum absolute atomic E-state index is 0.142. The van der Waals surface area contributed by atoms with Crippen molar-refractivity contribution in [1.82, 2.24) is 0 Å². The molecule has 0 aromatic carbocycles. The second kappa shape index (κ2) is 6.04. The van der Waals surface area contributed by atoms with Gasteiger partial charge in [0.15, 0.2) is 0 Å². The molecule has 0 aromatic rings. The fourth-order valence-corrected chi connectivity index (χ4v) is 12.7. The van der Waals surface area contributed by atoms with E-state index in [1.54, 1.807) is 0 Å². The van der Waals surface area contributed by atoms with E-state index < -0.39 is 0 Å². The Bertz CT molecular complexity index is 541. The van der Waals surface area contributed by atoms with Gasteiger partial charge in [-0.2, -0.15) is 24.4 Å². The van der Waals surface area contributed by atoms with Crippen LogP contribution in [0.1, 0.15) is 40.5 Å². The summed E-state index contributed by atoms with van der Waals surface area (Å²) in [6, 6.07) is 0. The third-order valence-electron chi connectivity index (χ3n) is 7.56. The van der Waals surface area contributed by atoms with Crippen molar-refractivity contribution in [3.8, 4) is 0 Å². The molecule has 6 atom stereocenters. The Kier molecular flexibility index (Phi) is 4.64. The van der Waals surface area contributed by atoms with Gasteiger partial charge in [-0.05, 0) is 41.8 Å². The van der Waals surface area contributed by atoms with Crippen molar-refractivity contribution in [3.63, 3.8) is 0 Å². The van der Waals surface area contributed by atoms with E-state index in [1.165, 1.54) is 17.9 Å². The highest BCUT2D eigenvalue weighted by Crippen LogP contribution is 2.76. The van der Waals surface area contributed by atoms with E-state index in [4.69, 9.17) is 0 Å². The van der Waals surface area contributed by atoms with Gasteiger partial charge in [-0.1, -0.05) is 27.7 Å². The lowest BCUT2D eigenvalue weighted by Gasteiger charge is -2.58. The molecular weight excluding hydrogens is 372 g/mol. The Hall–Kier alpha value is 1.07. The zero-order valence-electron chi connectivity index (χ0n) is 15.2. The summed E-state index contributed by atoms with van der Waals surface area (Å²) in [7, 11) is 0. The van der Waals surface area contributed by atoms with Crippen LogP contribution in [0, 0.1) is 35.0 Å². The predicted octanol–water partition coefficient (Wildman–Crippen LogP) is 5.10. The van der Waals surface area contributed by atoms with Gasteiger partial charge in [0, 0.05) is 33.8 Å². The van der Waals surface area contributed by atoms with Crippen molar-refractivity contribution in [2.24, 2.45) is 35.0 Å². The molecule has 4 rings (SSSR count). The molecule has 0 radical (unpaired) electrons. The number of thioether (sulfide) groups is 3. The zero-order chi connectivity index (χ0) is 17.3. The first-order chi connectivity index (χ1) is 11.3. The number of carbonyl (C=O) groups is 1. The van der Waals surface area contributed by atoms with Crippen LogP contribution in [0.2, 0.25) is 0 Å². The molecule has 3 aliphatic carbocycles. The van der Waals surface area contributed by atoms with E-state index in [2.05, 4.69) is 75.6 Å². The maximum absolute atomic E-state index is 12.9. The maximum Gasteiger partial charge on any atom is 0.139 e. The molecule has 3 saturated carbocycles. The van der Waals surface area contributed by atoms with E-state index in [1.807, 2.05) is 0 Å². The van der Waals surface area contributed by atoms with Gasteiger partial charge in [-0.15, -0.1) is 23.5 Å². The summed E-state index contributed by atoms with van der Waals surface area (Å²) in [5.41, 5.74) is -0.142. The Morgan fingerprint density at radius 2 is 1.83 bits per heavy atom. The van der Waals surface area contributed by atoms with Gasteiger partial charge in [-0.25, -0.2) is 0 Å². The Balaban J connectivity index is 1.84. The molecule has 0 amide bonds. The van der Waals surface area contributed by atoms with Crippen molar-refractivity contribution in [2.75, 3.05) is 23.0 Å². The summed E-state index contributed by atoms with van der Waals surface area (Å²) < 4.78 is 0.664. The van der Waals surface area contributed by atoms with Crippen LogP contribution < -0.4 is 0 Å². The van der Waals surface area contributed by atoms with Crippen molar-refractivity contribution in [1.29, 1.82) is 0 Å².